The molecule has 2 aromatic carbocycles. The van der Waals surface area contributed by atoms with Crippen LogP contribution in [0.1, 0.15) is 27.6 Å². The van der Waals surface area contributed by atoms with Crippen LogP contribution in [-0.4, -0.2) is 0 Å². The van der Waals surface area contributed by atoms with Crippen molar-refractivity contribution in [2.24, 2.45) is 5.73 Å². The van der Waals surface area contributed by atoms with E-state index in [-0.39, 0.29) is 18.4 Å². The van der Waals surface area contributed by atoms with Crippen LogP contribution >= 0.6 is 23.7 Å². The van der Waals surface area contributed by atoms with Crippen LogP contribution in [0.3, 0.4) is 0 Å². The van der Waals surface area contributed by atoms with E-state index in [1.165, 1.54) is 32.7 Å². The van der Waals surface area contributed by atoms with Crippen molar-refractivity contribution in [3.8, 4) is 11.1 Å². The molecule has 1 heterocycles. The standard InChI is InChI=1S/C18H15NS.ClH/c19-18(17-6-3-9-20-17)13-7-8-16-14(11-13)10-12-4-1-2-5-15(12)16;/h1-9,11,18H,10,19H2;1H/t18-;/m1./s1. The molecule has 0 unspecified atom stereocenters. The van der Waals surface area contributed by atoms with Crippen LogP contribution in [0, 0.1) is 0 Å². The summed E-state index contributed by atoms with van der Waals surface area (Å²) in [6, 6.07) is 19.5. The maximum Gasteiger partial charge on any atom is 0.0646 e. The van der Waals surface area contributed by atoms with Gasteiger partial charge in [-0.3, -0.25) is 0 Å². The van der Waals surface area contributed by atoms with E-state index in [2.05, 4.69) is 60.0 Å². The molecule has 1 atom stereocenters. The molecule has 4 rings (SSSR count). The Hall–Kier alpha value is -1.61. The predicted molar refractivity (Wildman–Crippen MR) is 92.3 cm³/mol. The van der Waals surface area contributed by atoms with Gasteiger partial charge in [0.25, 0.3) is 0 Å². The van der Waals surface area contributed by atoms with E-state index >= 15 is 0 Å². The Bertz CT molecular complexity index is 765. The average molecular weight is 314 g/mol. The summed E-state index contributed by atoms with van der Waals surface area (Å²) in [7, 11) is 0. The average Bonchev–Trinajstić information content (AvgIpc) is 3.13. The first-order chi connectivity index (χ1) is 9.83. The molecule has 2 N–H and O–H groups in total. The second kappa shape index (κ2) is 5.64. The lowest BCUT2D eigenvalue weighted by Crippen LogP contribution is -2.10. The third-order valence-corrected chi connectivity index (χ3v) is 4.98. The molecule has 0 saturated heterocycles. The highest BCUT2D eigenvalue weighted by Gasteiger charge is 2.19. The molecule has 21 heavy (non-hydrogen) atoms. The fourth-order valence-electron chi connectivity index (χ4n) is 2.99. The second-order valence-electron chi connectivity index (χ2n) is 5.24. The molecule has 0 amide bonds. The van der Waals surface area contributed by atoms with E-state index in [0.29, 0.717) is 0 Å². The van der Waals surface area contributed by atoms with Gasteiger partial charge in [0.05, 0.1) is 6.04 Å². The third kappa shape index (κ3) is 2.40. The smallest absolute Gasteiger partial charge is 0.0646 e. The number of nitrogens with two attached hydrogens (primary N) is 1. The van der Waals surface area contributed by atoms with Crippen molar-refractivity contribution in [2.45, 2.75) is 12.5 Å². The number of hydrogen-bond donors (Lipinski definition) is 1. The lowest BCUT2D eigenvalue weighted by Gasteiger charge is -2.12. The largest absolute Gasteiger partial charge is 0.320 e. The zero-order valence-corrected chi connectivity index (χ0v) is 13.1. The lowest BCUT2D eigenvalue weighted by molar-refractivity contribution is 0.891. The topological polar surface area (TPSA) is 26.0 Å². The zero-order valence-electron chi connectivity index (χ0n) is 11.5. The molecule has 3 aromatic rings. The minimum Gasteiger partial charge on any atom is -0.320 e. The van der Waals surface area contributed by atoms with Crippen molar-refractivity contribution in [3.63, 3.8) is 0 Å². The second-order valence-corrected chi connectivity index (χ2v) is 6.22. The molecule has 1 aliphatic rings. The zero-order chi connectivity index (χ0) is 13.5. The highest BCUT2D eigenvalue weighted by molar-refractivity contribution is 7.10. The first kappa shape index (κ1) is 14.3. The summed E-state index contributed by atoms with van der Waals surface area (Å²) in [6.45, 7) is 0. The lowest BCUT2D eigenvalue weighted by atomic mass is 9.99. The van der Waals surface area contributed by atoms with Crippen molar-refractivity contribution in [1.29, 1.82) is 0 Å². The molecular weight excluding hydrogens is 298 g/mol. The molecule has 3 heteroatoms. The molecule has 106 valence electrons. The highest BCUT2D eigenvalue weighted by Crippen LogP contribution is 2.38. The Morgan fingerprint density at radius 2 is 1.71 bits per heavy atom. The van der Waals surface area contributed by atoms with Gasteiger partial charge in [-0.15, -0.1) is 23.7 Å². The van der Waals surface area contributed by atoms with Gasteiger partial charge in [0.2, 0.25) is 0 Å². The maximum absolute atomic E-state index is 6.37. The molecule has 0 aliphatic heterocycles. The number of rotatable bonds is 2. The van der Waals surface area contributed by atoms with E-state index in [0.717, 1.165) is 6.42 Å². The van der Waals surface area contributed by atoms with Crippen molar-refractivity contribution in [1.82, 2.24) is 0 Å². The number of benzene rings is 2. The minimum atomic E-state index is -0.0102. The Morgan fingerprint density at radius 1 is 0.905 bits per heavy atom. The van der Waals surface area contributed by atoms with Crippen LogP contribution in [0.5, 0.6) is 0 Å². The van der Waals surface area contributed by atoms with Gasteiger partial charge in [-0.1, -0.05) is 48.5 Å². The van der Waals surface area contributed by atoms with Crippen molar-refractivity contribution < 1.29 is 0 Å². The fourth-order valence-corrected chi connectivity index (χ4v) is 3.75. The van der Waals surface area contributed by atoms with E-state index in [4.69, 9.17) is 5.73 Å². The van der Waals surface area contributed by atoms with Crippen LogP contribution in [0.15, 0.2) is 60.0 Å². The van der Waals surface area contributed by atoms with Crippen LogP contribution in [-0.2, 0) is 6.42 Å². The Morgan fingerprint density at radius 3 is 2.52 bits per heavy atom. The summed E-state index contributed by atoms with van der Waals surface area (Å²) in [5.41, 5.74) is 13.1. The fraction of sp³-hybridized carbons (Fsp3) is 0.111. The van der Waals surface area contributed by atoms with E-state index in [9.17, 15) is 0 Å². The summed E-state index contributed by atoms with van der Waals surface area (Å²) in [5, 5.41) is 2.08. The van der Waals surface area contributed by atoms with Gasteiger partial charge in [0, 0.05) is 4.88 Å². The first-order valence-electron chi connectivity index (χ1n) is 6.83. The van der Waals surface area contributed by atoms with Gasteiger partial charge in [-0.25, -0.2) is 0 Å². The highest BCUT2D eigenvalue weighted by atomic mass is 35.5. The van der Waals surface area contributed by atoms with Crippen molar-refractivity contribution in [3.05, 3.63) is 81.5 Å². The van der Waals surface area contributed by atoms with Gasteiger partial charge in [-0.05, 0) is 45.7 Å². The Balaban J connectivity index is 0.00000132. The Kier molecular flexibility index (Phi) is 3.85. The first-order valence-corrected chi connectivity index (χ1v) is 7.71. The quantitative estimate of drug-likeness (QED) is 0.566. The van der Waals surface area contributed by atoms with E-state index in [1.807, 2.05) is 0 Å². The molecule has 1 aliphatic carbocycles. The summed E-state index contributed by atoms with van der Waals surface area (Å²) in [4.78, 5) is 1.22. The van der Waals surface area contributed by atoms with Crippen LogP contribution in [0.2, 0.25) is 0 Å². The molecule has 0 bridgehead atoms. The summed E-state index contributed by atoms with van der Waals surface area (Å²) in [6.07, 6.45) is 1.02. The van der Waals surface area contributed by atoms with Crippen molar-refractivity contribution in [2.75, 3.05) is 0 Å². The molecule has 0 spiro atoms. The molecule has 0 saturated carbocycles. The van der Waals surface area contributed by atoms with E-state index in [1.54, 1.807) is 11.3 Å². The van der Waals surface area contributed by atoms with E-state index < -0.39 is 0 Å². The summed E-state index contributed by atoms with van der Waals surface area (Å²) >= 11 is 1.72. The van der Waals surface area contributed by atoms with Gasteiger partial charge in [-0.2, -0.15) is 0 Å². The van der Waals surface area contributed by atoms with Crippen LogP contribution < -0.4 is 5.73 Å². The molecule has 0 radical (unpaired) electrons. The Labute approximate surface area is 134 Å². The maximum atomic E-state index is 6.37. The van der Waals surface area contributed by atoms with Gasteiger partial charge in [0.15, 0.2) is 0 Å². The summed E-state index contributed by atoms with van der Waals surface area (Å²) < 4.78 is 0. The molecular formula is C18H16ClNS. The summed E-state index contributed by atoms with van der Waals surface area (Å²) in [5.74, 6) is 0. The molecule has 1 nitrogen and oxygen atoms in total. The number of thiophene rings is 1. The number of halogens is 1. The minimum absolute atomic E-state index is 0. The third-order valence-electron chi connectivity index (χ3n) is 4.03. The van der Waals surface area contributed by atoms with Gasteiger partial charge in [0.1, 0.15) is 0 Å². The SMILES string of the molecule is Cl.N[C@H](c1ccc2c(c1)Cc1ccccc1-2)c1cccs1. The van der Waals surface area contributed by atoms with Crippen LogP contribution in [0.4, 0.5) is 0 Å². The van der Waals surface area contributed by atoms with Crippen molar-refractivity contribution >= 4 is 23.7 Å². The normalized spacial score (nSPS) is 13.2. The van der Waals surface area contributed by atoms with Gasteiger partial charge < -0.3 is 5.73 Å². The van der Waals surface area contributed by atoms with Crippen LogP contribution in [0.25, 0.3) is 11.1 Å². The molecule has 1 aromatic heterocycles. The monoisotopic (exact) mass is 313 g/mol. The predicted octanol–water partition coefficient (Wildman–Crippen LogP) is 4.79. The van der Waals surface area contributed by atoms with Gasteiger partial charge >= 0.3 is 0 Å². The number of hydrogen-bond acceptors (Lipinski definition) is 2. The number of fused-ring (bicyclic) bond motifs is 3. The molecule has 0 fully saturated rings.